The molecule has 0 bridgehead atoms. The summed E-state index contributed by atoms with van der Waals surface area (Å²) in [4.78, 5) is 30.7. The Morgan fingerprint density at radius 1 is 1.45 bits per heavy atom. The van der Waals surface area contributed by atoms with E-state index in [1.165, 1.54) is 9.96 Å². The average Bonchev–Trinajstić information content (AvgIpc) is 2.72. The van der Waals surface area contributed by atoms with Gasteiger partial charge in [0.15, 0.2) is 0 Å². The fourth-order valence-corrected chi connectivity index (χ4v) is 2.66. The Balaban J connectivity index is 2.02. The maximum absolute atomic E-state index is 12.5. The lowest BCUT2D eigenvalue weighted by Gasteiger charge is -2.25. The summed E-state index contributed by atoms with van der Waals surface area (Å²) in [5.41, 5.74) is 7.52. The zero-order valence-electron chi connectivity index (χ0n) is 11.3. The molecule has 0 saturated carbocycles. The van der Waals surface area contributed by atoms with Crippen molar-refractivity contribution in [2.45, 2.75) is 26.4 Å². The predicted octanol–water partition coefficient (Wildman–Crippen LogP) is -0.273. The van der Waals surface area contributed by atoms with Gasteiger partial charge in [0, 0.05) is 25.1 Å². The van der Waals surface area contributed by atoms with E-state index in [9.17, 15) is 9.59 Å². The topological polar surface area (TPSA) is 93.7 Å². The van der Waals surface area contributed by atoms with Gasteiger partial charge in [0.05, 0.1) is 25.4 Å². The van der Waals surface area contributed by atoms with E-state index in [0.29, 0.717) is 44.9 Å². The van der Waals surface area contributed by atoms with Crippen molar-refractivity contribution in [3.63, 3.8) is 0 Å². The standard InChI is InChI=1S/C12H17N5O3/c1-2-17-11(18)10-8-7-15(12(13)19)4-3-9(8)14-16(10)5-6-20-17/h2-7H2,1H3,(H2,13,19). The Kier molecular flexibility index (Phi) is 3.09. The number of primary amides is 1. The van der Waals surface area contributed by atoms with Gasteiger partial charge in [-0.25, -0.2) is 9.86 Å². The van der Waals surface area contributed by atoms with Crippen LogP contribution in [0.4, 0.5) is 4.79 Å². The third kappa shape index (κ3) is 1.92. The number of aromatic nitrogens is 2. The Labute approximate surface area is 116 Å². The molecule has 0 fully saturated rings. The van der Waals surface area contributed by atoms with Crippen molar-refractivity contribution in [1.82, 2.24) is 19.7 Å². The van der Waals surface area contributed by atoms with Gasteiger partial charge < -0.3 is 10.6 Å². The Bertz CT molecular complexity index is 568. The predicted molar refractivity (Wildman–Crippen MR) is 68.6 cm³/mol. The van der Waals surface area contributed by atoms with Crippen LogP contribution in [0.3, 0.4) is 0 Å². The molecule has 0 atom stereocenters. The van der Waals surface area contributed by atoms with E-state index in [0.717, 1.165) is 11.3 Å². The summed E-state index contributed by atoms with van der Waals surface area (Å²) in [5.74, 6) is -0.204. The first-order valence-electron chi connectivity index (χ1n) is 6.69. The van der Waals surface area contributed by atoms with Crippen molar-refractivity contribution in [3.8, 4) is 0 Å². The molecule has 3 amide bonds. The highest BCUT2D eigenvalue weighted by atomic mass is 16.7. The van der Waals surface area contributed by atoms with Crippen LogP contribution in [0.15, 0.2) is 0 Å². The van der Waals surface area contributed by atoms with Gasteiger partial charge >= 0.3 is 6.03 Å². The van der Waals surface area contributed by atoms with Gasteiger partial charge in [0.1, 0.15) is 5.69 Å². The molecular formula is C12H17N5O3. The molecule has 2 aliphatic heterocycles. The van der Waals surface area contributed by atoms with E-state index in [-0.39, 0.29) is 5.91 Å². The Hall–Kier alpha value is -2.09. The largest absolute Gasteiger partial charge is 0.351 e. The molecule has 1 aromatic rings. The van der Waals surface area contributed by atoms with Crippen LogP contribution >= 0.6 is 0 Å². The molecule has 0 spiro atoms. The summed E-state index contributed by atoms with van der Waals surface area (Å²) in [5, 5.41) is 5.81. The van der Waals surface area contributed by atoms with Gasteiger partial charge in [-0.1, -0.05) is 0 Å². The molecule has 0 saturated heterocycles. The first-order valence-corrected chi connectivity index (χ1v) is 6.69. The molecule has 0 aromatic carbocycles. The molecule has 8 nitrogen and oxygen atoms in total. The lowest BCUT2D eigenvalue weighted by Crippen LogP contribution is -2.40. The van der Waals surface area contributed by atoms with Crippen molar-refractivity contribution in [3.05, 3.63) is 17.0 Å². The highest BCUT2D eigenvalue weighted by molar-refractivity contribution is 5.94. The quantitative estimate of drug-likeness (QED) is 0.765. The molecule has 3 heterocycles. The highest BCUT2D eigenvalue weighted by Gasteiger charge is 2.33. The number of hydrogen-bond acceptors (Lipinski definition) is 4. The number of fused-ring (bicyclic) bond motifs is 3. The monoisotopic (exact) mass is 279 g/mol. The van der Waals surface area contributed by atoms with Crippen LogP contribution in [0.2, 0.25) is 0 Å². The van der Waals surface area contributed by atoms with Crippen LogP contribution in [-0.4, -0.2) is 51.4 Å². The highest BCUT2D eigenvalue weighted by Crippen LogP contribution is 2.25. The van der Waals surface area contributed by atoms with Gasteiger partial charge in [0.2, 0.25) is 0 Å². The van der Waals surface area contributed by atoms with E-state index >= 15 is 0 Å². The fourth-order valence-electron chi connectivity index (χ4n) is 2.66. The second kappa shape index (κ2) is 4.78. The molecule has 0 radical (unpaired) electrons. The van der Waals surface area contributed by atoms with E-state index in [2.05, 4.69) is 5.10 Å². The van der Waals surface area contributed by atoms with Gasteiger partial charge in [-0.2, -0.15) is 5.10 Å². The van der Waals surface area contributed by atoms with Gasteiger partial charge in [-0.3, -0.25) is 14.3 Å². The van der Waals surface area contributed by atoms with Crippen LogP contribution in [0, 0.1) is 0 Å². The number of carbonyl (C=O) groups is 2. The summed E-state index contributed by atoms with van der Waals surface area (Å²) < 4.78 is 1.69. The summed E-state index contributed by atoms with van der Waals surface area (Å²) in [6.07, 6.45) is 0.624. The van der Waals surface area contributed by atoms with E-state index < -0.39 is 6.03 Å². The molecule has 2 aliphatic rings. The van der Waals surface area contributed by atoms with E-state index in [1.54, 1.807) is 4.68 Å². The van der Waals surface area contributed by atoms with Crippen LogP contribution in [0.25, 0.3) is 0 Å². The van der Waals surface area contributed by atoms with E-state index in [4.69, 9.17) is 10.6 Å². The lowest BCUT2D eigenvalue weighted by atomic mass is 10.1. The second-order valence-electron chi connectivity index (χ2n) is 4.84. The first kappa shape index (κ1) is 12.9. The molecule has 3 rings (SSSR count). The smallest absolute Gasteiger partial charge is 0.315 e. The summed E-state index contributed by atoms with van der Waals surface area (Å²) in [6.45, 7) is 4.14. The van der Waals surface area contributed by atoms with Crippen LogP contribution in [-0.2, 0) is 24.3 Å². The van der Waals surface area contributed by atoms with Gasteiger partial charge in [-0.05, 0) is 6.92 Å². The molecule has 0 aliphatic carbocycles. The third-order valence-corrected chi connectivity index (χ3v) is 3.68. The molecular weight excluding hydrogens is 262 g/mol. The zero-order valence-corrected chi connectivity index (χ0v) is 11.3. The maximum atomic E-state index is 12.5. The SMILES string of the molecule is CCN1OCCn2nc3c(c2C1=O)CN(C(N)=O)CC3. The van der Waals surface area contributed by atoms with Gasteiger partial charge in [-0.15, -0.1) is 0 Å². The maximum Gasteiger partial charge on any atom is 0.315 e. The number of carbonyl (C=O) groups excluding carboxylic acids is 2. The average molecular weight is 279 g/mol. The number of nitrogens with zero attached hydrogens (tertiary/aromatic N) is 4. The molecule has 8 heteroatoms. The fraction of sp³-hybridized carbons (Fsp3) is 0.583. The molecule has 0 unspecified atom stereocenters. The molecule has 2 N–H and O–H groups in total. The number of hydroxylamine groups is 2. The zero-order chi connectivity index (χ0) is 14.3. The third-order valence-electron chi connectivity index (χ3n) is 3.68. The summed E-state index contributed by atoms with van der Waals surface area (Å²) >= 11 is 0. The lowest BCUT2D eigenvalue weighted by molar-refractivity contribution is -0.118. The minimum atomic E-state index is -0.472. The number of urea groups is 1. The molecule has 108 valence electrons. The Morgan fingerprint density at radius 3 is 2.95 bits per heavy atom. The molecule has 20 heavy (non-hydrogen) atoms. The second-order valence-corrected chi connectivity index (χ2v) is 4.84. The minimum absolute atomic E-state index is 0.204. The summed E-state index contributed by atoms with van der Waals surface area (Å²) in [7, 11) is 0. The van der Waals surface area contributed by atoms with Gasteiger partial charge in [0.25, 0.3) is 5.91 Å². The number of hydrogen-bond donors (Lipinski definition) is 1. The van der Waals surface area contributed by atoms with E-state index in [1.807, 2.05) is 6.92 Å². The van der Waals surface area contributed by atoms with Crippen LogP contribution in [0.1, 0.15) is 28.7 Å². The Morgan fingerprint density at radius 2 is 2.25 bits per heavy atom. The van der Waals surface area contributed by atoms with Crippen LogP contribution in [0.5, 0.6) is 0 Å². The minimum Gasteiger partial charge on any atom is -0.351 e. The van der Waals surface area contributed by atoms with Crippen molar-refractivity contribution in [2.75, 3.05) is 19.7 Å². The normalized spacial score (nSPS) is 18.6. The molecule has 1 aromatic heterocycles. The van der Waals surface area contributed by atoms with Crippen molar-refractivity contribution in [2.24, 2.45) is 5.73 Å². The first-order chi connectivity index (χ1) is 9.61. The number of nitrogens with two attached hydrogens (primary N) is 1. The van der Waals surface area contributed by atoms with Crippen molar-refractivity contribution >= 4 is 11.9 Å². The number of amides is 3. The summed E-state index contributed by atoms with van der Waals surface area (Å²) in [6, 6.07) is -0.472. The van der Waals surface area contributed by atoms with Crippen molar-refractivity contribution < 1.29 is 14.4 Å². The van der Waals surface area contributed by atoms with Crippen LogP contribution < -0.4 is 5.73 Å². The number of rotatable bonds is 1. The van der Waals surface area contributed by atoms with Crippen molar-refractivity contribution in [1.29, 1.82) is 0 Å².